The fourth-order valence-corrected chi connectivity index (χ4v) is 2.96. The molecule has 0 unspecified atom stereocenters. The van der Waals surface area contributed by atoms with Crippen molar-refractivity contribution in [2.24, 2.45) is 0 Å². The van der Waals surface area contributed by atoms with Gasteiger partial charge in [0.25, 0.3) is 0 Å². The van der Waals surface area contributed by atoms with Crippen molar-refractivity contribution >= 4 is 11.6 Å². The van der Waals surface area contributed by atoms with E-state index < -0.39 is 0 Å². The molecule has 0 saturated heterocycles. The zero-order valence-electron chi connectivity index (χ0n) is 12.9. The highest BCUT2D eigenvalue weighted by Gasteiger charge is 2.21. The van der Waals surface area contributed by atoms with Crippen LogP contribution in [0, 0.1) is 0 Å². The number of imidazole rings is 1. The van der Waals surface area contributed by atoms with Crippen LogP contribution in [0.1, 0.15) is 19.9 Å². The Kier molecular flexibility index (Phi) is 3.34. The summed E-state index contributed by atoms with van der Waals surface area (Å²) in [6, 6.07) is 4.00. The average Bonchev–Trinajstić information content (AvgIpc) is 3.11. The van der Waals surface area contributed by atoms with E-state index in [2.05, 4.69) is 28.5 Å². The molecule has 0 aliphatic carbocycles. The Morgan fingerprint density at radius 1 is 1.35 bits per heavy atom. The summed E-state index contributed by atoms with van der Waals surface area (Å²) >= 11 is 5.97. The fraction of sp³-hybridized carbons (Fsp3) is 0.312. The molecule has 4 rings (SSSR count). The van der Waals surface area contributed by atoms with E-state index in [0.29, 0.717) is 11.8 Å². The highest BCUT2D eigenvalue weighted by Crippen LogP contribution is 2.34. The maximum absolute atomic E-state index is 5.97. The summed E-state index contributed by atoms with van der Waals surface area (Å²) in [4.78, 5) is 8.97. The minimum atomic E-state index is 0.276. The zero-order chi connectivity index (χ0) is 16.0. The molecule has 7 heteroatoms. The molecule has 0 N–H and O–H groups in total. The van der Waals surface area contributed by atoms with Crippen molar-refractivity contribution in [3.63, 3.8) is 0 Å². The first-order chi connectivity index (χ1) is 11.1. The number of hydrogen-bond acceptors (Lipinski definition) is 4. The van der Waals surface area contributed by atoms with Crippen LogP contribution in [0.3, 0.4) is 0 Å². The van der Waals surface area contributed by atoms with Crippen molar-refractivity contribution in [3.8, 4) is 28.5 Å². The number of hydrogen-bond donors (Lipinski definition) is 0. The van der Waals surface area contributed by atoms with Crippen molar-refractivity contribution < 1.29 is 4.74 Å². The third-order valence-corrected chi connectivity index (χ3v) is 4.07. The van der Waals surface area contributed by atoms with Crippen molar-refractivity contribution in [3.05, 3.63) is 35.9 Å². The summed E-state index contributed by atoms with van der Waals surface area (Å²) in [5.74, 6) is 1.56. The summed E-state index contributed by atoms with van der Waals surface area (Å²) in [6.45, 7) is 5.50. The number of rotatable bonds is 2. The predicted molar refractivity (Wildman–Crippen MR) is 87.6 cm³/mol. The summed E-state index contributed by atoms with van der Waals surface area (Å²) in [5, 5.41) is 4.80. The van der Waals surface area contributed by atoms with E-state index in [-0.39, 0.29) is 6.04 Å². The average molecular weight is 330 g/mol. The first kappa shape index (κ1) is 14.3. The lowest BCUT2D eigenvalue weighted by Crippen LogP contribution is -2.05. The Hall–Kier alpha value is -2.34. The van der Waals surface area contributed by atoms with Crippen LogP contribution in [0.2, 0.25) is 5.15 Å². The lowest BCUT2D eigenvalue weighted by Gasteiger charge is -2.09. The molecular weight excluding hydrogens is 314 g/mol. The van der Waals surface area contributed by atoms with Crippen LogP contribution in [-0.2, 0) is 6.54 Å². The monoisotopic (exact) mass is 329 g/mol. The second kappa shape index (κ2) is 5.38. The number of halogens is 1. The SMILES string of the molecule is CC(C)n1nccc1-c1cn2c(n1)-c1cnc(Cl)cc1OCC2. The van der Waals surface area contributed by atoms with Gasteiger partial charge in [-0.05, 0) is 19.9 Å². The topological polar surface area (TPSA) is 57.8 Å². The molecule has 4 heterocycles. The van der Waals surface area contributed by atoms with Crippen molar-refractivity contribution in [1.29, 1.82) is 0 Å². The minimum absolute atomic E-state index is 0.276. The van der Waals surface area contributed by atoms with Gasteiger partial charge >= 0.3 is 0 Å². The van der Waals surface area contributed by atoms with Crippen molar-refractivity contribution in [2.75, 3.05) is 6.61 Å². The van der Waals surface area contributed by atoms with Gasteiger partial charge in [-0.1, -0.05) is 11.6 Å². The minimum Gasteiger partial charge on any atom is -0.491 e. The predicted octanol–water partition coefficient (Wildman–Crippen LogP) is 3.44. The van der Waals surface area contributed by atoms with Crippen LogP contribution in [0.5, 0.6) is 5.75 Å². The van der Waals surface area contributed by atoms with E-state index in [4.69, 9.17) is 21.3 Å². The number of fused-ring (bicyclic) bond motifs is 3. The van der Waals surface area contributed by atoms with E-state index in [1.807, 2.05) is 16.9 Å². The molecule has 1 aliphatic rings. The van der Waals surface area contributed by atoms with Crippen LogP contribution >= 0.6 is 11.6 Å². The van der Waals surface area contributed by atoms with Crippen LogP contribution in [0.25, 0.3) is 22.8 Å². The standard InChI is InChI=1S/C16H16ClN5O/c1-10(2)22-13(3-4-19-22)12-9-21-5-6-23-14-7-15(17)18-8-11(14)16(21)20-12/h3-4,7-10H,5-6H2,1-2H3. The molecule has 23 heavy (non-hydrogen) atoms. The highest BCUT2D eigenvalue weighted by atomic mass is 35.5. The normalized spacial score (nSPS) is 13.4. The maximum atomic E-state index is 5.97. The van der Waals surface area contributed by atoms with E-state index >= 15 is 0 Å². The molecule has 1 aliphatic heterocycles. The number of pyridine rings is 1. The van der Waals surface area contributed by atoms with E-state index in [1.165, 1.54) is 0 Å². The molecule has 0 bridgehead atoms. The molecule has 0 aromatic carbocycles. The van der Waals surface area contributed by atoms with Gasteiger partial charge in [0.2, 0.25) is 0 Å². The number of nitrogens with zero attached hydrogens (tertiary/aromatic N) is 5. The Balaban J connectivity index is 1.86. The van der Waals surface area contributed by atoms with E-state index in [9.17, 15) is 0 Å². The summed E-state index contributed by atoms with van der Waals surface area (Å²) in [5.41, 5.74) is 2.76. The summed E-state index contributed by atoms with van der Waals surface area (Å²) in [7, 11) is 0. The van der Waals surface area contributed by atoms with Gasteiger partial charge < -0.3 is 9.30 Å². The van der Waals surface area contributed by atoms with Crippen LogP contribution in [0.15, 0.2) is 30.7 Å². The van der Waals surface area contributed by atoms with Gasteiger partial charge in [-0.25, -0.2) is 9.97 Å². The summed E-state index contributed by atoms with van der Waals surface area (Å²) in [6.07, 6.45) is 5.56. The van der Waals surface area contributed by atoms with Gasteiger partial charge in [0.05, 0.1) is 17.8 Å². The Morgan fingerprint density at radius 3 is 3.04 bits per heavy atom. The molecule has 0 saturated carbocycles. The van der Waals surface area contributed by atoms with Crippen LogP contribution in [0.4, 0.5) is 0 Å². The van der Waals surface area contributed by atoms with Gasteiger partial charge in [-0.3, -0.25) is 4.68 Å². The van der Waals surface area contributed by atoms with Gasteiger partial charge in [0, 0.05) is 30.7 Å². The molecule has 0 amide bonds. The quantitative estimate of drug-likeness (QED) is 0.676. The van der Waals surface area contributed by atoms with Gasteiger partial charge in [0.1, 0.15) is 29.0 Å². The van der Waals surface area contributed by atoms with Crippen LogP contribution in [-0.4, -0.2) is 30.9 Å². The molecule has 0 radical (unpaired) electrons. The van der Waals surface area contributed by atoms with Gasteiger partial charge in [-0.2, -0.15) is 5.10 Å². The number of aromatic nitrogens is 5. The van der Waals surface area contributed by atoms with Crippen molar-refractivity contribution in [1.82, 2.24) is 24.3 Å². The second-order valence-electron chi connectivity index (χ2n) is 5.75. The first-order valence-corrected chi connectivity index (χ1v) is 7.91. The smallest absolute Gasteiger partial charge is 0.146 e. The molecular formula is C16H16ClN5O. The molecule has 0 atom stereocenters. The van der Waals surface area contributed by atoms with Gasteiger partial charge in [-0.15, -0.1) is 0 Å². The van der Waals surface area contributed by atoms with E-state index in [1.54, 1.807) is 18.5 Å². The third kappa shape index (κ3) is 2.39. The molecule has 3 aromatic rings. The van der Waals surface area contributed by atoms with Crippen molar-refractivity contribution in [2.45, 2.75) is 26.4 Å². The molecule has 0 spiro atoms. The van der Waals surface area contributed by atoms with Gasteiger partial charge in [0.15, 0.2) is 0 Å². The molecule has 6 nitrogen and oxygen atoms in total. The Labute approximate surface area is 138 Å². The largest absolute Gasteiger partial charge is 0.491 e. The first-order valence-electron chi connectivity index (χ1n) is 7.53. The number of ether oxygens (including phenoxy) is 1. The maximum Gasteiger partial charge on any atom is 0.146 e. The highest BCUT2D eigenvalue weighted by molar-refractivity contribution is 6.29. The van der Waals surface area contributed by atoms with E-state index in [0.717, 1.165) is 35.1 Å². The summed E-state index contributed by atoms with van der Waals surface area (Å²) < 4.78 is 9.82. The Morgan fingerprint density at radius 2 is 2.22 bits per heavy atom. The Bertz CT molecular complexity index is 867. The molecule has 118 valence electrons. The fourth-order valence-electron chi connectivity index (χ4n) is 2.81. The zero-order valence-corrected chi connectivity index (χ0v) is 13.7. The third-order valence-electron chi connectivity index (χ3n) is 3.86. The lowest BCUT2D eigenvalue weighted by molar-refractivity contribution is 0.306. The lowest BCUT2D eigenvalue weighted by atomic mass is 10.2. The molecule has 3 aromatic heterocycles. The molecule has 0 fully saturated rings. The second-order valence-corrected chi connectivity index (χ2v) is 6.14. The van der Waals surface area contributed by atoms with Crippen LogP contribution < -0.4 is 4.74 Å².